The number of hydrogen-bond donors (Lipinski definition) is 1. The highest BCUT2D eigenvalue weighted by Crippen LogP contribution is 2.31. The fourth-order valence-electron chi connectivity index (χ4n) is 2.48. The van der Waals surface area contributed by atoms with Crippen LogP contribution in [0.15, 0.2) is 34.8 Å². The predicted octanol–water partition coefficient (Wildman–Crippen LogP) is 4.09. The SMILES string of the molecule is Cc1cc(Br)cc(C)c1NC(=O)c1ccc2c(c1)OCCO2. The molecule has 3 rings (SSSR count). The third kappa shape index (κ3) is 2.95. The van der Waals surface area contributed by atoms with Gasteiger partial charge in [0.05, 0.1) is 0 Å². The fourth-order valence-corrected chi connectivity index (χ4v) is 3.16. The van der Waals surface area contributed by atoms with Crippen molar-refractivity contribution >= 4 is 27.5 Å². The van der Waals surface area contributed by atoms with E-state index in [1.54, 1.807) is 18.2 Å². The summed E-state index contributed by atoms with van der Waals surface area (Å²) in [7, 11) is 0. The van der Waals surface area contributed by atoms with Crippen LogP contribution in [0.25, 0.3) is 0 Å². The minimum Gasteiger partial charge on any atom is -0.486 e. The van der Waals surface area contributed by atoms with Gasteiger partial charge in [0.2, 0.25) is 0 Å². The van der Waals surface area contributed by atoms with E-state index in [9.17, 15) is 4.79 Å². The highest BCUT2D eigenvalue weighted by Gasteiger charge is 2.16. The van der Waals surface area contributed by atoms with Crippen LogP contribution >= 0.6 is 15.9 Å². The number of hydrogen-bond acceptors (Lipinski definition) is 3. The third-order valence-corrected chi connectivity index (χ3v) is 4.00. The topological polar surface area (TPSA) is 47.6 Å². The standard InChI is InChI=1S/C17H16BrNO3/c1-10-7-13(18)8-11(2)16(10)19-17(20)12-3-4-14-15(9-12)22-6-5-21-14/h3-4,7-9H,5-6H2,1-2H3,(H,19,20). The number of amides is 1. The Morgan fingerprint density at radius 3 is 2.36 bits per heavy atom. The molecule has 0 aliphatic carbocycles. The van der Waals surface area contributed by atoms with Gasteiger partial charge in [-0.25, -0.2) is 0 Å². The lowest BCUT2D eigenvalue weighted by molar-refractivity contribution is 0.102. The molecule has 2 aromatic carbocycles. The Morgan fingerprint density at radius 1 is 1.05 bits per heavy atom. The average molecular weight is 362 g/mol. The van der Waals surface area contributed by atoms with Crippen LogP contribution in [0.3, 0.4) is 0 Å². The van der Waals surface area contributed by atoms with Gasteiger partial charge in [-0.1, -0.05) is 15.9 Å². The van der Waals surface area contributed by atoms with Crippen molar-refractivity contribution in [1.82, 2.24) is 0 Å². The first kappa shape index (κ1) is 14.9. The molecule has 1 heterocycles. The van der Waals surface area contributed by atoms with E-state index in [4.69, 9.17) is 9.47 Å². The molecule has 0 saturated carbocycles. The molecule has 1 N–H and O–H groups in total. The number of anilines is 1. The maximum atomic E-state index is 12.5. The van der Waals surface area contributed by atoms with E-state index in [1.165, 1.54) is 0 Å². The van der Waals surface area contributed by atoms with Crippen molar-refractivity contribution in [2.24, 2.45) is 0 Å². The lowest BCUT2D eigenvalue weighted by Gasteiger charge is -2.19. The van der Waals surface area contributed by atoms with Gasteiger partial charge < -0.3 is 14.8 Å². The summed E-state index contributed by atoms with van der Waals surface area (Å²) in [4.78, 5) is 12.5. The van der Waals surface area contributed by atoms with E-state index in [0.29, 0.717) is 30.3 Å². The molecule has 0 aromatic heterocycles. The van der Waals surface area contributed by atoms with Crippen LogP contribution in [0.4, 0.5) is 5.69 Å². The van der Waals surface area contributed by atoms with Gasteiger partial charge in [-0.15, -0.1) is 0 Å². The van der Waals surface area contributed by atoms with E-state index >= 15 is 0 Å². The smallest absolute Gasteiger partial charge is 0.255 e. The first-order valence-corrected chi connectivity index (χ1v) is 7.81. The zero-order valence-electron chi connectivity index (χ0n) is 12.4. The number of aryl methyl sites for hydroxylation is 2. The molecule has 114 valence electrons. The molecule has 1 aliphatic heterocycles. The second-order valence-corrected chi connectivity index (χ2v) is 6.14. The summed E-state index contributed by atoms with van der Waals surface area (Å²) in [6.45, 7) is 4.98. The molecule has 2 aromatic rings. The lowest BCUT2D eigenvalue weighted by Crippen LogP contribution is -2.17. The van der Waals surface area contributed by atoms with Gasteiger partial charge in [0.25, 0.3) is 5.91 Å². The Bertz CT molecular complexity index is 720. The normalized spacial score (nSPS) is 12.9. The molecular weight excluding hydrogens is 346 g/mol. The van der Waals surface area contributed by atoms with Crippen molar-refractivity contribution in [3.8, 4) is 11.5 Å². The quantitative estimate of drug-likeness (QED) is 0.876. The minimum atomic E-state index is -0.162. The van der Waals surface area contributed by atoms with E-state index in [2.05, 4.69) is 21.2 Å². The molecule has 1 aliphatic rings. The zero-order valence-corrected chi connectivity index (χ0v) is 14.0. The summed E-state index contributed by atoms with van der Waals surface area (Å²) in [5.41, 5.74) is 3.41. The first-order chi connectivity index (χ1) is 10.5. The number of halogens is 1. The summed E-state index contributed by atoms with van der Waals surface area (Å²) in [6.07, 6.45) is 0. The molecule has 22 heavy (non-hydrogen) atoms. The summed E-state index contributed by atoms with van der Waals surface area (Å²) in [5.74, 6) is 1.13. The average Bonchev–Trinajstić information content (AvgIpc) is 2.50. The lowest BCUT2D eigenvalue weighted by atomic mass is 10.1. The van der Waals surface area contributed by atoms with Gasteiger partial charge >= 0.3 is 0 Å². The number of fused-ring (bicyclic) bond motifs is 1. The van der Waals surface area contributed by atoms with E-state index in [-0.39, 0.29) is 5.91 Å². The molecule has 1 amide bonds. The molecule has 0 atom stereocenters. The molecular formula is C17H16BrNO3. The Hall–Kier alpha value is -2.01. The van der Waals surface area contributed by atoms with Gasteiger partial charge in [-0.05, 0) is 55.3 Å². The van der Waals surface area contributed by atoms with Crippen molar-refractivity contribution in [2.75, 3.05) is 18.5 Å². The van der Waals surface area contributed by atoms with Gasteiger partial charge in [0, 0.05) is 15.7 Å². The molecule has 0 spiro atoms. The van der Waals surface area contributed by atoms with Gasteiger partial charge in [0.1, 0.15) is 13.2 Å². The third-order valence-electron chi connectivity index (χ3n) is 3.54. The fraction of sp³-hybridized carbons (Fsp3) is 0.235. The number of benzene rings is 2. The molecule has 0 unspecified atom stereocenters. The predicted molar refractivity (Wildman–Crippen MR) is 89.0 cm³/mol. The van der Waals surface area contributed by atoms with Crippen LogP contribution in [0.1, 0.15) is 21.5 Å². The number of ether oxygens (including phenoxy) is 2. The van der Waals surface area contributed by atoms with Crippen molar-refractivity contribution < 1.29 is 14.3 Å². The second kappa shape index (κ2) is 6.01. The highest BCUT2D eigenvalue weighted by molar-refractivity contribution is 9.10. The summed E-state index contributed by atoms with van der Waals surface area (Å²) >= 11 is 3.46. The van der Waals surface area contributed by atoms with Crippen LogP contribution in [0.2, 0.25) is 0 Å². The Kier molecular flexibility index (Phi) is 4.07. The van der Waals surface area contributed by atoms with Gasteiger partial charge in [0.15, 0.2) is 11.5 Å². The van der Waals surface area contributed by atoms with Crippen LogP contribution in [0, 0.1) is 13.8 Å². The van der Waals surface area contributed by atoms with Crippen molar-refractivity contribution in [2.45, 2.75) is 13.8 Å². The number of rotatable bonds is 2. The molecule has 0 bridgehead atoms. The Labute approximate surface area is 137 Å². The van der Waals surface area contributed by atoms with Crippen molar-refractivity contribution in [1.29, 1.82) is 0 Å². The molecule has 0 saturated heterocycles. The summed E-state index contributed by atoms with van der Waals surface area (Å²) in [6, 6.07) is 9.18. The van der Waals surface area contributed by atoms with Gasteiger partial charge in [-0.3, -0.25) is 4.79 Å². The maximum absolute atomic E-state index is 12.5. The molecule has 5 heteroatoms. The highest BCUT2D eigenvalue weighted by atomic mass is 79.9. The van der Waals surface area contributed by atoms with E-state index in [0.717, 1.165) is 21.3 Å². The van der Waals surface area contributed by atoms with Crippen LogP contribution in [-0.2, 0) is 0 Å². The van der Waals surface area contributed by atoms with Crippen molar-refractivity contribution in [3.63, 3.8) is 0 Å². The summed E-state index contributed by atoms with van der Waals surface area (Å²) in [5, 5.41) is 2.97. The zero-order chi connectivity index (χ0) is 15.7. The number of carbonyl (C=O) groups is 1. The van der Waals surface area contributed by atoms with Crippen LogP contribution < -0.4 is 14.8 Å². The van der Waals surface area contributed by atoms with Crippen LogP contribution in [-0.4, -0.2) is 19.1 Å². The number of carbonyl (C=O) groups excluding carboxylic acids is 1. The Balaban J connectivity index is 1.86. The monoisotopic (exact) mass is 361 g/mol. The van der Waals surface area contributed by atoms with Gasteiger partial charge in [-0.2, -0.15) is 0 Å². The molecule has 0 radical (unpaired) electrons. The molecule has 4 nitrogen and oxygen atoms in total. The number of nitrogens with one attached hydrogen (secondary N) is 1. The van der Waals surface area contributed by atoms with E-state index < -0.39 is 0 Å². The Morgan fingerprint density at radius 2 is 1.68 bits per heavy atom. The maximum Gasteiger partial charge on any atom is 0.255 e. The largest absolute Gasteiger partial charge is 0.486 e. The summed E-state index contributed by atoms with van der Waals surface area (Å²) < 4.78 is 12.0. The van der Waals surface area contributed by atoms with Crippen molar-refractivity contribution in [3.05, 3.63) is 51.5 Å². The molecule has 0 fully saturated rings. The minimum absolute atomic E-state index is 0.162. The van der Waals surface area contributed by atoms with E-state index in [1.807, 2.05) is 26.0 Å². The first-order valence-electron chi connectivity index (χ1n) is 7.02. The van der Waals surface area contributed by atoms with Crippen LogP contribution in [0.5, 0.6) is 11.5 Å². The second-order valence-electron chi connectivity index (χ2n) is 5.23.